The van der Waals surface area contributed by atoms with Gasteiger partial charge in [0.15, 0.2) is 5.69 Å². The molecule has 0 aliphatic carbocycles. The number of methoxy groups -OCH3 is 1. The summed E-state index contributed by atoms with van der Waals surface area (Å²) in [5.74, 6) is 0.827. The first-order chi connectivity index (χ1) is 12.7. The molecular formula is C19H20N4O2S. The fourth-order valence-electron chi connectivity index (χ4n) is 3.13. The van der Waals surface area contributed by atoms with Gasteiger partial charge in [-0.05, 0) is 29.6 Å². The second-order valence-electron chi connectivity index (χ2n) is 6.12. The number of amides is 1. The van der Waals surface area contributed by atoms with Crippen LogP contribution in [0.4, 0.5) is 5.69 Å². The number of rotatable bonds is 4. The fraction of sp³-hybridized carbons (Fsp3) is 0.263. The van der Waals surface area contributed by atoms with Gasteiger partial charge in [0, 0.05) is 37.9 Å². The van der Waals surface area contributed by atoms with Crippen LogP contribution in [-0.4, -0.2) is 54.3 Å². The lowest BCUT2D eigenvalue weighted by Gasteiger charge is -2.35. The average Bonchev–Trinajstić information content (AvgIpc) is 3.39. The quantitative estimate of drug-likeness (QED) is 0.769. The molecule has 4 rings (SSSR count). The Bertz CT molecular complexity index is 883. The first-order valence-electron chi connectivity index (χ1n) is 8.52. The molecule has 1 amide bonds. The van der Waals surface area contributed by atoms with Crippen molar-refractivity contribution in [3.05, 3.63) is 53.5 Å². The fourth-order valence-corrected chi connectivity index (χ4v) is 3.82. The largest absolute Gasteiger partial charge is 0.497 e. The molecule has 1 aromatic carbocycles. The van der Waals surface area contributed by atoms with Crippen LogP contribution in [0.5, 0.6) is 5.75 Å². The Kier molecular flexibility index (Phi) is 4.62. The van der Waals surface area contributed by atoms with Crippen LogP contribution < -0.4 is 9.64 Å². The van der Waals surface area contributed by atoms with Gasteiger partial charge in [-0.2, -0.15) is 5.10 Å². The van der Waals surface area contributed by atoms with Crippen LogP contribution in [0.15, 0.2) is 47.8 Å². The Morgan fingerprint density at radius 2 is 2.00 bits per heavy atom. The van der Waals surface area contributed by atoms with Crippen LogP contribution in [-0.2, 0) is 0 Å². The zero-order valence-corrected chi connectivity index (χ0v) is 15.3. The topological polar surface area (TPSA) is 61.5 Å². The molecule has 1 fully saturated rings. The van der Waals surface area contributed by atoms with Crippen molar-refractivity contribution in [3.8, 4) is 16.3 Å². The summed E-state index contributed by atoms with van der Waals surface area (Å²) in [6.45, 7) is 2.94. The number of H-pyrrole nitrogens is 1. The molecule has 1 saturated heterocycles. The minimum absolute atomic E-state index is 0.0191. The van der Waals surface area contributed by atoms with Gasteiger partial charge in [-0.3, -0.25) is 9.89 Å². The molecule has 0 radical (unpaired) electrons. The number of thiophene rings is 1. The van der Waals surface area contributed by atoms with Crippen molar-refractivity contribution >= 4 is 22.9 Å². The molecule has 7 heteroatoms. The molecule has 1 aliphatic heterocycles. The summed E-state index contributed by atoms with van der Waals surface area (Å²) >= 11 is 1.62. The molecule has 1 aliphatic rings. The number of aromatic nitrogens is 2. The Labute approximate surface area is 156 Å². The second kappa shape index (κ2) is 7.21. The molecule has 6 nitrogen and oxygen atoms in total. The van der Waals surface area contributed by atoms with Crippen LogP contribution in [0.3, 0.4) is 0 Å². The van der Waals surface area contributed by atoms with E-state index in [1.54, 1.807) is 18.4 Å². The van der Waals surface area contributed by atoms with E-state index in [-0.39, 0.29) is 5.91 Å². The number of ether oxygens (including phenoxy) is 1. The summed E-state index contributed by atoms with van der Waals surface area (Å²) in [7, 11) is 1.67. The van der Waals surface area contributed by atoms with Crippen LogP contribution in [0.2, 0.25) is 0 Å². The highest BCUT2D eigenvalue weighted by atomic mass is 32.1. The molecule has 3 aromatic rings. The molecule has 3 heterocycles. The predicted octanol–water partition coefficient (Wildman–Crippen LogP) is 3.11. The van der Waals surface area contributed by atoms with E-state index in [0.29, 0.717) is 18.8 Å². The van der Waals surface area contributed by atoms with E-state index in [4.69, 9.17) is 4.74 Å². The molecule has 0 saturated carbocycles. The summed E-state index contributed by atoms with van der Waals surface area (Å²) < 4.78 is 5.29. The summed E-state index contributed by atoms with van der Waals surface area (Å²) in [6.07, 6.45) is 0. The number of piperazine rings is 1. The number of nitrogens with zero attached hydrogens (tertiary/aromatic N) is 3. The molecule has 1 N–H and O–H groups in total. The first kappa shape index (κ1) is 16.7. The van der Waals surface area contributed by atoms with E-state index in [9.17, 15) is 4.79 Å². The van der Waals surface area contributed by atoms with Crippen molar-refractivity contribution in [2.75, 3.05) is 38.2 Å². The van der Waals surface area contributed by atoms with Gasteiger partial charge in [-0.25, -0.2) is 0 Å². The summed E-state index contributed by atoms with van der Waals surface area (Å²) in [4.78, 5) is 18.0. The van der Waals surface area contributed by atoms with Crippen molar-refractivity contribution < 1.29 is 9.53 Å². The molecule has 0 atom stereocenters. The highest BCUT2D eigenvalue weighted by Gasteiger charge is 2.24. The third-order valence-electron chi connectivity index (χ3n) is 4.57. The summed E-state index contributed by atoms with van der Waals surface area (Å²) in [5.41, 5.74) is 2.48. The van der Waals surface area contributed by atoms with E-state index in [2.05, 4.69) is 21.2 Å². The van der Waals surface area contributed by atoms with E-state index in [0.717, 1.165) is 35.1 Å². The number of carbonyl (C=O) groups is 1. The number of hydrogen-bond acceptors (Lipinski definition) is 5. The third kappa shape index (κ3) is 3.30. The zero-order valence-electron chi connectivity index (χ0n) is 14.5. The molecule has 26 heavy (non-hydrogen) atoms. The van der Waals surface area contributed by atoms with E-state index in [1.807, 2.05) is 46.7 Å². The van der Waals surface area contributed by atoms with Crippen molar-refractivity contribution in [1.29, 1.82) is 0 Å². The lowest BCUT2D eigenvalue weighted by molar-refractivity contribution is 0.0741. The molecule has 0 spiro atoms. The van der Waals surface area contributed by atoms with Gasteiger partial charge in [-0.1, -0.05) is 12.1 Å². The van der Waals surface area contributed by atoms with Gasteiger partial charge in [0.1, 0.15) is 5.75 Å². The van der Waals surface area contributed by atoms with Crippen LogP contribution in [0.25, 0.3) is 10.6 Å². The van der Waals surface area contributed by atoms with Gasteiger partial charge < -0.3 is 14.5 Å². The van der Waals surface area contributed by atoms with E-state index in [1.165, 1.54) is 0 Å². The SMILES string of the molecule is COc1cccc(N2CCN(C(=O)c3cc(-c4cccs4)[nH]n3)CC2)c1. The Morgan fingerprint density at radius 3 is 2.73 bits per heavy atom. The van der Waals surface area contributed by atoms with Gasteiger partial charge in [0.05, 0.1) is 17.7 Å². The molecule has 0 unspecified atom stereocenters. The molecular weight excluding hydrogens is 348 g/mol. The van der Waals surface area contributed by atoms with E-state index < -0.39 is 0 Å². The second-order valence-corrected chi connectivity index (χ2v) is 7.07. The van der Waals surface area contributed by atoms with Crippen molar-refractivity contribution in [1.82, 2.24) is 15.1 Å². The number of benzene rings is 1. The Morgan fingerprint density at radius 1 is 1.15 bits per heavy atom. The maximum atomic E-state index is 12.7. The lowest BCUT2D eigenvalue weighted by Crippen LogP contribution is -2.48. The van der Waals surface area contributed by atoms with Gasteiger partial charge in [-0.15, -0.1) is 11.3 Å². The third-order valence-corrected chi connectivity index (χ3v) is 5.47. The maximum Gasteiger partial charge on any atom is 0.274 e. The first-order valence-corrected chi connectivity index (χ1v) is 9.40. The van der Waals surface area contributed by atoms with Gasteiger partial charge in [0.25, 0.3) is 5.91 Å². The zero-order chi connectivity index (χ0) is 17.9. The Balaban J connectivity index is 1.40. The number of anilines is 1. The number of nitrogens with one attached hydrogen (secondary N) is 1. The minimum atomic E-state index is -0.0191. The standard InChI is InChI=1S/C19H20N4O2S/c1-25-15-5-2-4-14(12-15)22-7-9-23(10-8-22)19(24)17-13-16(20-21-17)18-6-3-11-26-18/h2-6,11-13H,7-10H2,1H3,(H,20,21). The lowest BCUT2D eigenvalue weighted by atomic mass is 10.2. The summed E-state index contributed by atoms with van der Waals surface area (Å²) in [5, 5.41) is 9.18. The molecule has 0 bridgehead atoms. The van der Waals surface area contributed by atoms with Crippen LogP contribution >= 0.6 is 11.3 Å². The number of hydrogen-bond donors (Lipinski definition) is 1. The van der Waals surface area contributed by atoms with Crippen molar-refractivity contribution in [2.45, 2.75) is 0 Å². The van der Waals surface area contributed by atoms with E-state index >= 15 is 0 Å². The predicted molar refractivity (Wildman–Crippen MR) is 103 cm³/mol. The van der Waals surface area contributed by atoms with Crippen LogP contribution in [0, 0.1) is 0 Å². The highest BCUT2D eigenvalue weighted by molar-refractivity contribution is 7.13. The van der Waals surface area contributed by atoms with Crippen molar-refractivity contribution in [3.63, 3.8) is 0 Å². The van der Waals surface area contributed by atoms with Crippen molar-refractivity contribution in [2.24, 2.45) is 0 Å². The average molecular weight is 368 g/mol. The number of aromatic amines is 1. The smallest absolute Gasteiger partial charge is 0.274 e. The normalized spacial score (nSPS) is 14.5. The Hall–Kier alpha value is -2.80. The maximum absolute atomic E-state index is 12.7. The van der Waals surface area contributed by atoms with Gasteiger partial charge >= 0.3 is 0 Å². The highest BCUT2D eigenvalue weighted by Crippen LogP contribution is 2.24. The summed E-state index contributed by atoms with van der Waals surface area (Å²) in [6, 6.07) is 13.9. The molecule has 134 valence electrons. The molecule has 2 aromatic heterocycles. The monoisotopic (exact) mass is 368 g/mol. The van der Waals surface area contributed by atoms with Gasteiger partial charge in [0.2, 0.25) is 0 Å². The number of carbonyl (C=O) groups excluding carboxylic acids is 1. The minimum Gasteiger partial charge on any atom is -0.497 e. The van der Waals surface area contributed by atoms with Crippen LogP contribution in [0.1, 0.15) is 10.5 Å².